The first-order valence-corrected chi connectivity index (χ1v) is 7.67. The molecule has 0 aliphatic carbocycles. The maximum absolute atomic E-state index is 13.3. The van der Waals surface area contributed by atoms with Crippen LogP contribution in [0.1, 0.15) is 11.8 Å². The number of aliphatic hydroxyl groups excluding tert-OH is 1. The van der Waals surface area contributed by atoms with E-state index in [9.17, 15) is 9.50 Å². The van der Waals surface area contributed by atoms with Crippen LogP contribution >= 0.6 is 23.1 Å². The monoisotopic (exact) mass is 294 g/mol. The van der Waals surface area contributed by atoms with Crippen LogP contribution in [0.5, 0.6) is 0 Å². The largest absolute Gasteiger partial charge is 0.380 e. The summed E-state index contributed by atoms with van der Waals surface area (Å²) < 4.78 is 13.3. The molecule has 0 saturated heterocycles. The molecule has 0 spiro atoms. The summed E-state index contributed by atoms with van der Waals surface area (Å²) >= 11 is 2.94. The third-order valence-corrected chi connectivity index (χ3v) is 4.71. The Morgan fingerprint density at radius 3 is 3.00 bits per heavy atom. The molecule has 3 rings (SSSR count). The van der Waals surface area contributed by atoms with Crippen LogP contribution in [0.15, 0.2) is 34.8 Å². The molecule has 98 valence electrons. The van der Waals surface area contributed by atoms with E-state index in [0.29, 0.717) is 10.7 Å². The molecule has 1 N–H and O–H groups in total. The second kappa shape index (κ2) is 5.40. The molecule has 0 bridgehead atoms. The number of thiazole rings is 1. The zero-order valence-electron chi connectivity index (χ0n) is 9.91. The Hall–Kier alpha value is -1.24. The van der Waals surface area contributed by atoms with Crippen LogP contribution in [0.3, 0.4) is 0 Å². The Morgan fingerprint density at radius 2 is 2.26 bits per heavy atom. The quantitative estimate of drug-likeness (QED) is 0.946. The van der Waals surface area contributed by atoms with E-state index in [1.54, 1.807) is 23.3 Å². The minimum atomic E-state index is -0.808. The fraction of sp³-hybridized carbons (Fsp3) is 0.231. The Labute approximate surface area is 118 Å². The zero-order chi connectivity index (χ0) is 13.2. The number of aliphatic imine (C=N–C) groups is 1. The lowest BCUT2D eigenvalue weighted by Gasteiger charge is -2.10. The minimum Gasteiger partial charge on any atom is -0.380 e. The summed E-state index contributed by atoms with van der Waals surface area (Å²) in [7, 11) is 0. The fourth-order valence-corrected chi connectivity index (χ4v) is 3.59. The number of aliphatic hydroxyl groups is 1. The van der Waals surface area contributed by atoms with Gasteiger partial charge in [-0.15, -0.1) is 23.1 Å². The first-order chi connectivity index (χ1) is 9.25. The summed E-state index contributed by atoms with van der Waals surface area (Å²) in [5, 5.41) is 11.0. The molecule has 1 unspecified atom stereocenters. The molecular formula is C13H11FN2OS2. The van der Waals surface area contributed by atoms with Crippen molar-refractivity contribution in [2.75, 3.05) is 12.3 Å². The van der Waals surface area contributed by atoms with Crippen molar-refractivity contribution in [2.24, 2.45) is 4.99 Å². The highest BCUT2D eigenvalue weighted by Crippen LogP contribution is 2.34. The first-order valence-electron chi connectivity index (χ1n) is 5.80. The van der Waals surface area contributed by atoms with E-state index < -0.39 is 6.10 Å². The summed E-state index contributed by atoms with van der Waals surface area (Å²) in [6.45, 7) is 0.733. The first kappa shape index (κ1) is 12.8. The van der Waals surface area contributed by atoms with Crippen LogP contribution in [-0.4, -0.2) is 27.4 Å². The number of halogens is 1. The van der Waals surface area contributed by atoms with E-state index in [2.05, 4.69) is 9.98 Å². The van der Waals surface area contributed by atoms with Crippen molar-refractivity contribution in [1.29, 1.82) is 0 Å². The van der Waals surface area contributed by atoms with Crippen LogP contribution in [0.2, 0.25) is 0 Å². The van der Waals surface area contributed by atoms with Crippen LogP contribution in [-0.2, 0) is 0 Å². The third-order valence-electron chi connectivity index (χ3n) is 2.78. The second-order valence-corrected chi connectivity index (χ2v) is 6.02. The minimum absolute atomic E-state index is 0.293. The smallest absolute Gasteiger partial charge is 0.145 e. The molecule has 1 aliphatic rings. The number of benzene rings is 1. The topological polar surface area (TPSA) is 45.5 Å². The molecule has 3 nitrogen and oxygen atoms in total. The summed E-state index contributed by atoms with van der Waals surface area (Å²) in [5.74, 6) is 0.602. The van der Waals surface area contributed by atoms with Gasteiger partial charge in [-0.25, -0.2) is 9.37 Å². The van der Waals surface area contributed by atoms with Gasteiger partial charge >= 0.3 is 0 Å². The normalized spacial score (nSPS) is 16.4. The predicted octanol–water partition coefficient (Wildman–Crippen LogP) is 3.13. The molecule has 0 radical (unpaired) electrons. The van der Waals surface area contributed by atoms with Crippen molar-refractivity contribution in [3.63, 3.8) is 0 Å². The Kier molecular flexibility index (Phi) is 3.63. The van der Waals surface area contributed by atoms with Gasteiger partial charge in [-0.2, -0.15) is 0 Å². The van der Waals surface area contributed by atoms with E-state index in [1.165, 1.54) is 23.5 Å². The Bertz CT molecular complexity index is 627. The van der Waals surface area contributed by atoms with E-state index in [4.69, 9.17) is 0 Å². The van der Waals surface area contributed by atoms with Crippen molar-refractivity contribution in [2.45, 2.75) is 6.10 Å². The van der Waals surface area contributed by atoms with Gasteiger partial charge in [0.1, 0.15) is 17.0 Å². The van der Waals surface area contributed by atoms with E-state index in [0.717, 1.165) is 22.7 Å². The van der Waals surface area contributed by atoms with E-state index >= 15 is 0 Å². The lowest BCUT2D eigenvalue weighted by atomic mass is 10.1. The van der Waals surface area contributed by atoms with Gasteiger partial charge in [0.15, 0.2) is 0 Å². The van der Waals surface area contributed by atoms with Gasteiger partial charge in [-0.1, -0.05) is 12.1 Å². The molecule has 19 heavy (non-hydrogen) atoms. The maximum atomic E-state index is 13.3. The molecule has 2 heterocycles. The van der Waals surface area contributed by atoms with Gasteiger partial charge in [0.25, 0.3) is 0 Å². The van der Waals surface area contributed by atoms with Crippen molar-refractivity contribution >= 4 is 28.1 Å². The zero-order valence-corrected chi connectivity index (χ0v) is 11.5. The molecule has 0 amide bonds. The molecular weight excluding hydrogens is 283 g/mol. The number of thioether (sulfide) groups is 1. The van der Waals surface area contributed by atoms with Gasteiger partial charge in [-0.05, 0) is 17.7 Å². The van der Waals surface area contributed by atoms with Gasteiger partial charge in [0.2, 0.25) is 0 Å². The molecule has 1 aromatic heterocycles. The lowest BCUT2D eigenvalue weighted by molar-refractivity contribution is 0.247. The van der Waals surface area contributed by atoms with Crippen molar-refractivity contribution in [3.05, 3.63) is 41.3 Å². The number of aromatic nitrogens is 1. The highest BCUT2D eigenvalue weighted by molar-refractivity contribution is 8.14. The van der Waals surface area contributed by atoms with E-state index in [-0.39, 0.29) is 5.82 Å². The van der Waals surface area contributed by atoms with Gasteiger partial charge in [-0.3, -0.25) is 4.99 Å². The van der Waals surface area contributed by atoms with Crippen molar-refractivity contribution in [1.82, 2.24) is 4.98 Å². The SMILES string of the molecule is OC(C1=NCCS1)c1ncsc1-c1cccc(F)c1. The Balaban J connectivity index is 1.98. The highest BCUT2D eigenvalue weighted by atomic mass is 32.2. The molecule has 1 aliphatic heterocycles. The molecule has 1 aromatic carbocycles. The van der Waals surface area contributed by atoms with Crippen molar-refractivity contribution in [3.8, 4) is 10.4 Å². The number of nitrogens with zero attached hydrogens (tertiary/aromatic N) is 2. The van der Waals surface area contributed by atoms with Crippen LogP contribution in [0, 0.1) is 5.82 Å². The van der Waals surface area contributed by atoms with Crippen LogP contribution < -0.4 is 0 Å². The number of rotatable bonds is 3. The second-order valence-electron chi connectivity index (χ2n) is 4.05. The molecule has 0 fully saturated rings. The maximum Gasteiger partial charge on any atom is 0.145 e. The molecule has 2 aromatic rings. The van der Waals surface area contributed by atoms with Gasteiger partial charge in [0, 0.05) is 12.3 Å². The fourth-order valence-electron chi connectivity index (χ4n) is 1.93. The van der Waals surface area contributed by atoms with E-state index in [1.807, 2.05) is 6.07 Å². The summed E-state index contributed by atoms with van der Waals surface area (Å²) in [5.41, 5.74) is 2.96. The summed E-state index contributed by atoms with van der Waals surface area (Å²) in [6.07, 6.45) is -0.808. The average molecular weight is 294 g/mol. The van der Waals surface area contributed by atoms with Crippen LogP contribution in [0.4, 0.5) is 4.39 Å². The third kappa shape index (κ3) is 2.56. The van der Waals surface area contributed by atoms with Crippen LogP contribution in [0.25, 0.3) is 10.4 Å². The molecule has 1 atom stereocenters. The predicted molar refractivity (Wildman–Crippen MR) is 77.2 cm³/mol. The lowest BCUT2D eigenvalue weighted by Crippen LogP contribution is -2.08. The van der Waals surface area contributed by atoms with Gasteiger partial charge < -0.3 is 5.11 Å². The average Bonchev–Trinajstić information content (AvgIpc) is 3.09. The highest BCUT2D eigenvalue weighted by Gasteiger charge is 2.24. The number of hydrogen-bond acceptors (Lipinski definition) is 5. The van der Waals surface area contributed by atoms with Crippen molar-refractivity contribution < 1.29 is 9.50 Å². The molecule has 0 saturated carbocycles. The summed E-state index contributed by atoms with van der Waals surface area (Å²) in [4.78, 5) is 9.28. The Morgan fingerprint density at radius 1 is 1.37 bits per heavy atom. The molecule has 6 heteroatoms. The number of hydrogen-bond donors (Lipinski definition) is 1. The van der Waals surface area contributed by atoms with Gasteiger partial charge in [0.05, 0.1) is 16.1 Å². The summed E-state index contributed by atoms with van der Waals surface area (Å²) in [6, 6.07) is 6.32. The standard InChI is InChI=1S/C13H11FN2OS2/c14-9-3-1-2-8(6-9)12-10(16-7-19-12)11(17)13-15-4-5-18-13/h1-3,6-7,11,17H,4-5H2.